The second kappa shape index (κ2) is 9.25. The summed E-state index contributed by atoms with van der Waals surface area (Å²) in [7, 11) is -4.69. The van der Waals surface area contributed by atoms with Crippen LogP contribution in [0, 0.1) is 24.1 Å². The van der Waals surface area contributed by atoms with Crippen molar-refractivity contribution in [2.24, 2.45) is 0 Å². The van der Waals surface area contributed by atoms with Crippen molar-refractivity contribution >= 4 is 0 Å². The summed E-state index contributed by atoms with van der Waals surface area (Å²) >= 11 is 0. The second-order valence-corrected chi connectivity index (χ2v) is 3.88. The summed E-state index contributed by atoms with van der Waals surface area (Å²) in [5.41, 5.74) is 1.92. The molecule has 2 rings (SSSR count). The largest absolute Gasteiger partial charge is 0.261 e. The van der Waals surface area contributed by atoms with E-state index in [1.807, 2.05) is 13.8 Å². The first-order valence-electron chi connectivity index (χ1n) is 4.87. The molecule has 1 N–H and O–H groups in total. The minimum absolute atomic E-state index is 0.961. The van der Waals surface area contributed by atoms with Gasteiger partial charge in [-0.3, -0.25) is 19.9 Å². The Morgan fingerprint density at radius 2 is 1.16 bits per heavy atom. The lowest BCUT2D eigenvalue weighted by molar-refractivity contribution is -1.92. The number of aromatic nitrogens is 4. The molecule has 2 heterocycles. The molecular weight excluding hydrogens is 276 g/mol. The molecule has 19 heavy (non-hydrogen) atoms. The van der Waals surface area contributed by atoms with Crippen LogP contribution in [0.4, 0.5) is 0 Å². The first-order chi connectivity index (χ1) is 8.79. The lowest BCUT2D eigenvalue weighted by Crippen LogP contribution is -2.58. The minimum Gasteiger partial charge on any atom is -0.261 e. The van der Waals surface area contributed by atoms with Gasteiger partial charge in [-0.15, -0.1) is 0 Å². The summed E-state index contributed by atoms with van der Waals surface area (Å²) < 4.78 is 32.7. The van der Waals surface area contributed by atoms with Crippen molar-refractivity contribution in [1.82, 2.24) is 19.9 Å². The Morgan fingerprint density at radius 3 is 1.26 bits per heavy atom. The molecule has 0 spiro atoms. The predicted octanol–water partition coefficient (Wildman–Crippen LogP) is -2.55. The normalized spacial score (nSPS) is 9.58. The van der Waals surface area contributed by atoms with Gasteiger partial charge in [0.15, 0.2) is 0 Å². The van der Waals surface area contributed by atoms with Gasteiger partial charge in [-0.25, -0.2) is 0 Å². The maximum atomic E-state index is 8.60. The molecule has 104 valence electrons. The minimum atomic E-state index is -4.69. The van der Waals surface area contributed by atoms with E-state index in [1.54, 1.807) is 37.2 Å². The molecular formula is C10H13ClN4O4. The van der Waals surface area contributed by atoms with Gasteiger partial charge in [0.1, 0.15) is 0 Å². The van der Waals surface area contributed by atoms with E-state index in [4.69, 9.17) is 18.6 Å². The van der Waals surface area contributed by atoms with Gasteiger partial charge >= 0.3 is 0 Å². The van der Waals surface area contributed by atoms with Gasteiger partial charge in [0, 0.05) is 37.2 Å². The van der Waals surface area contributed by atoms with Crippen molar-refractivity contribution in [2.45, 2.75) is 13.8 Å². The van der Waals surface area contributed by atoms with Gasteiger partial charge in [-0.2, -0.15) is 14.0 Å². The van der Waals surface area contributed by atoms with Gasteiger partial charge < -0.3 is 0 Å². The summed E-state index contributed by atoms with van der Waals surface area (Å²) in [6.07, 6.45) is 10.1. The number of rotatable bonds is 0. The molecule has 0 radical (unpaired) electrons. The molecule has 0 atom stereocenters. The third-order valence-corrected chi connectivity index (χ3v) is 1.38. The topological polar surface area (TPSA) is 141 Å². The molecule has 9 heteroatoms. The highest BCUT2D eigenvalue weighted by atomic mass is 35.7. The Kier molecular flexibility index (Phi) is 8.42. The average Bonchev–Trinajstić information content (AvgIpc) is 2.29. The number of hydrogen-bond acceptors (Lipinski definition) is 8. The average molecular weight is 289 g/mol. The monoisotopic (exact) mass is 288 g/mol. The molecule has 0 amide bonds. The van der Waals surface area contributed by atoms with Gasteiger partial charge in [-0.05, 0) is 13.8 Å². The zero-order chi connectivity index (χ0) is 14.7. The van der Waals surface area contributed by atoms with E-state index in [1.165, 1.54) is 0 Å². The summed E-state index contributed by atoms with van der Waals surface area (Å²) in [4.78, 5) is 15.5. The SMILES string of the molecule is Cc1cnccn1.Cc1cnccn1.[O-][Cl+3]([O-])([O-])O. The van der Waals surface area contributed by atoms with E-state index in [2.05, 4.69) is 19.9 Å². The second-order valence-electron chi connectivity index (χ2n) is 3.09. The molecule has 0 aliphatic rings. The number of aryl methyl sites for hydroxylation is 2. The fourth-order valence-electron chi connectivity index (χ4n) is 0.747. The smallest absolute Gasteiger partial charge is 0.0777 e. The van der Waals surface area contributed by atoms with E-state index < -0.39 is 10.2 Å². The third-order valence-electron chi connectivity index (χ3n) is 1.38. The van der Waals surface area contributed by atoms with Crippen LogP contribution in [-0.2, 0) is 0 Å². The maximum absolute atomic E-state index is 8.60. The Morgan fingerprint density at radius 1 is 0.842 bits per heavy atom. The van der Waals surface area contributed by atoms with E-state index in [0.29, 0.717) is 0 Å². The highest BCUT2D eigenvalue weighted by Crippen LogP contribution is 1.81. The van der Waals surface area contributed by atoms with Crippen LogP contribution in [-0.4, -0.2) is 24.6 Å². The zero-order valence-electron chi connectivity index (χ0n) is 10.3. The zero-order valence-corrected chi connectivity index (χ0v) is 11.1. The standard InChI is InChI=1S/2C5H6N2.ClHO4/c2*1-5-4-6-2-3-7-5;2-1(3,4)5/h2*2-4H,1H3;(H,2,3,4,5). The van der Waals surface area contributed by atoms with Gasteiger partial charge in [0.25, 0.3) is 0 Å². The van der Waals surface area contributed by atoms with Crippen LogP contribution < -0.4 is 14.0 Å². The number of halogens is 1. The Labute approximate surface area is 112 Å². The highest BCUT2D eigenvalue weighted by Gasteiger charge is 1.98. The van der Waals surface area contributed by atoms with Crippen LogP contribution in [0.5, 0.6) is 0 Å². The number of nitrogens with zero attached hydrogens (tertiary/aromatic N) is 4. The van der Waals surface area contributed by atoms with Crippen molar-refractivity contribution < 1.29 is 28.9 Å². The molecule has 0 unspecified atom stereocenters. The highest BCUT2D eigenvalue weighted by molar-refractivity contribution is 4.89. The summed E-state index contributed by atoms with van der Waals surface area (Å²) in [5.74, 6) is 0. The van der Waals surface area contributed by atoms with Crippen LogP contribution in [0.15, 0.2) is 37.2 Å². The predicted molar refractivity (Wildman–Crippen MR) is 55.8 cm³/mol. The molecule has 0 saturated heterocycles. The first kappa shape index (κ1) is 17.3. The van der Waals surface area contributed by atoms with Crippen LogP contribution in [0.1, 0.15) is 11.4 Å². The fraction of sp³-hybridized carbons (Fsp3) is 0.200. The van der Waals surface area contributed by atoms with Crippen LogP contribution in [0.3, 0.4) is 0 Å². The van der Waals surface area contributed by atoms with E-state index in [0.717, 1.165) is 11.4 Å². The molecule has 0 aliphatic heterocycles. The maximum Gasteiger partial charge on any atom is 0.0777 e. The van der Waals surface area contributed by atoms with Crippen LogP contribution in [0.25, 0.3) is 0 Å². The van der Waals surface area contributed by atoms with Crippen molar-refractivity contribution in [3.63, 3.8) is 0 Å². The number of hydrogen-bond donors (Lipinski definition) is 1. The lowest BCUT2D eigenvalue weighted by Gasteiger charge is -2.03. The lowest BCUT2D eigenvalue weighted by atomic mass is 10.5. The van der Waals surface area contributed by atoms with E-state index in [-0.39, 0.29) is 0 Å². The first-order valence-corrected chi connectivity index (χ1v) is 6.14. The molecule has 2 aromatic rings. The van der Waals surface area contributed by atoms with Crippen molar-refractivity contribution in [3.05, 3.63) is 48.6 Å². The van der Waals surface area contributed by atoms with Gasteiger partial charge in [-0.1, -0.05) is 0 Å². The Bertz CT molecular complexity index is 395. The van der Waals surface area contributed by atoms with E-state index in [9.17, 15) is 0 Å². The van der Waals surface area contributed by atoms with E-state index >= 15 is 0 Å². The van der Waals surface area contributed by atoms with Crippen molar-refractivity contribution in [2.75, 3.05) is 0 Å². The van der Waals surface area contributed by atoms with Gasteiger partial charge in [0.2, 0.25) is 0 Å². The fourth-order valence-corrected chi connectivity index (χ4v) is 0.747. The van der Waals surface area contributed by atoms with Crippen molar-refractivity contribution in [3.8, 4) is 0 Å². The third kappa shape index (κ3) is 16.3. The molecule has 0 bridgehead atoms. The molecule has 0 fully saturated rings. The molecule has 0 aromatic carbocycles. The molecule has 0 saturated carbocycles. The quantitative estimate of drug-likeness (QED) is 0.558. The molecule has 8 nitrogen and oxygen atoms in total. The van der Waals surface area contributed by atoms with Gasteiger partial charge in [0.05, 0.1) is 26.3 Å². The van der Waals surface area contributed by atoms with Crippen LogP contribution >= 0.6 is 0 Å². The Balaban J connectivity index is 0.000000261. The van der Waals surface area contributed by atoms with Crippen molar-refractivity contribution in [1.29, 1.82) is 0 Å². The molecule has 2 aromatic heterocycles. The molecule has 0 aliphatic carbocycles. The summed E-state index contributed by atoms with van der Waals surface area (Å²) in [5, 5.41) is 0. The van der Waals surface area contributed by atoms with Crippen LogP contribution in [0.2, 0.25) is 0 Å². The summed E-state index contributed by atoms with van der Waals surface area (Å²) in [6, 6.07) is 0. The summed E-state index contributed by atoms with van der Waals surface area (Å²) in [6.45, 7) is 3.82. The Hall–Kier alpha value is -1.71.